The lowest BCUT2D eigenvalue weighted by Crippen LogP contribution is -2.50. The van der Waals surface area contributed by atoms with Crippen molar-refractivity contribution in [2.75, 3.05) is 46.4 Å². The first-order valence-corrected chi connectivity index (χ1v) is 10.8. The van der Waals surface area contributed by atoms with Crippen molar-refractivity contribution < 1.29 is 9.47 Å². The second kappa shape index (κ2) is 12.4. The van der Waals surface area contributed by atoms with Crippen LogP contribution in [0, 0.1) is 0 Å². The molecule has 2 atom stereocenters. The highest BCUT2D eigenvalue weighted by molar-refractivity contribution is 14.0. The predicted molar refractivity (Wildman–Crippen MR) is 135 cm³/mol. The van der Waals surface area contributed by atoms with Gasteiger partial charge >= 0.3 is 0 Å². The molecule has 4 rings (SSSR count). The number of hydrogen-bond donors (Lipinski definition) is 1. The van der Waals surface area contributed by atoms with Crippen molar-refractivity contribution >= 4 is 29.9 Å². The van der Waals surface area contributed by atoms with Crippen LogP contribution in [0.3, 0.4) is 0 Å². The summed E-state index contributed by atoms with van der Waals surface area (Å²) in [5.41, 5.74) is 2.55. The Morgan fingerprint density at radius 2 is 1.77 bits per heavy atom. The Hall–Kier alpha value is -1.68. The summed E-state index contributed by atoms with van der Waals surface area (Å²) in [4.78, 5) is 9.37. The number of hydrogen-bond acceptors (Lipinski definition) is 4. The molecule has 0 spiro atoms. The molecule has 0 bridgehead atoms. The summed E-state index contributed by atoms with van der Waals surface area (Å²) in [6.45, 7) is 6.56. The predicted octanol–water partition coefficient (Wildman–Crippen LogP) is 2.98. The smallest absolute Gasteiger partial charge is 0.193 e. The van der Waals surface area contributed by atoms with Gasteiger partial charge in [-0.15, -0.1) is 24.0 Å². The minimum absolute atomic E-state index is 0. The van der Waals surface area contributed by atoms with Gasteiger partial charge in [0.2, 0.25) is 0 Å². The van der Waals surface area contributed by atoms with E-state index in [1.165, 1.54) is 11.1 Å². The molecule has 0 saturated carbocycles. The third-order valence-electron chi connectivity index (χ3n) is 5.80. The molecule has 0 aliphatic carbocycles. The standard InChI is InChI=1S/C24H32N4O2.HI/c1-25-24(26-12-14-29-19-21-10-6-3-7-11-21)28-17-22-23(18-28)30-15-13-27(22)16-20-8-4-2-5-9-20;/h2-11,22-23H,12-19H2,1H3,(H,25,26);1H. The van der Waals surface area contributed by atoms with Crippen LogP contribution in [0.15, 0.2) is 65.7 Å². The zero-order chi connectivity index (χ0) is 20.6. The van der Waals surface area contributed by atoms with Gasteiger partial charge in [0.05, 0.1) is 32.0 Å². The second-order valence-corrected chi connectivity index (χ2v) is 7.85. The maximum atomic E-state index is 6.10. The zero-order valence-electron chi connectivity index (χ0n) is 18.2. The summed E-state index contributed by atoms with van der Waals surface area (Å²) in [5, 5.41) is 3.45. The highest BCUT2D eigenvalue weighted by Crippen LogP contribution is 2.24. The van der Waals surface area contributed by atoms with Gasteiger partial charge in [0.25, 0.3) is 0 Å². The van der Waals surface area contributed by atoms with Crippen molar-refractivity contribution in [3.63, 3.8) is 0 Å². The number of nitrogens with zero attached hydrogens (tertiary/aromatic N) is 3. The van der Waals surface area contributed by atoms with Crippen LogP contribution in [0.25, 0.3) is 0 Å². The summed E-state index contributed by atoms with van der Waals surface area (Å²) in [6, 6.07) is 21.4. The first kappa shape index (κ1) is 24.0. The quantitative estimate of drug-likeness (QED) is 0.255. The van der Waals surface area contributed by atoms with E-state index in [9.17, 15) is 0 Å². The van der Waals surface area contributed by atoms with E-state index in [0.29, 0.717) is 19.3 Å². The van der Waals surface area contributed by atoms with Gasteiger partial charge in [-0.25, -0.2) is 0 Å². The third-order valence-corrected chi connectivity index (χ3v) is 5.80. The Morgan fingerprint density at radius 1 is 1.06 bits per heavy atom. The normalized spacial score (nSPS) is 21.5. The molecule has 2 aromatic rings. The summed E-state index contributed by atoms with van der Waals surface area (Å²) < 4.78 is 11.9. The van der Waals surface area contributed by atoms with Crippen LogP contribution in [0.4, 0.5) is 0 Å². The maximum absolute atomic E-state index is 6.10. The highest BCUT2D eigenvalue weighted by Gasteiger charge is 2.41. The molecular weight excluding hydrogens is 503 g/mol. The second-order valence-electron chi connectivity index (χ2n) is 7.85. The van der Waals surface area contributed by atoms with Crippen LogP contribution in [0.1, 0.15) is 11.1 Å². The summed E-state index contributed by atoms with van der Waals surface area (Å²) in [7, 11) is 1.84. The molecular formula is C24H33IN4O2. The Morgan fingerprint density at radius 3 is 2.48 bits per heavy atom. The van der Waals surface area contributed by atoms with Crippen LogP contribution in [0.2, 0.25) is 0 Å². The zero-order valence-corrected chi connectivity index (χ0v) is 20.5. The van der Waals surface area contributed by atoms with Gasteiger partial charge in [0, 0.05) is 39.8 Å². The monoisotopic (exact) mass is 536 g/mol. The molecule has 0 amide bonds. The van der Waals surface area contributed by atoms with Crippen molar-refractivity contribution in [2.24, 2.45) is 4.99 Å². The van der Waals surface area contributed by atoms with Crippen molar-refractivity contribution in [1.82, 2.24) is 15.1 Å². The number of rotatable bonds is 7. The number of fused-ring (bicyclic) bond motifs is 1. The molecule has 2 heterocycles. The number of guanidine groups is 1. The topological polar surface area (TPSA) is 49.3 Å². The highest BCUT2D eigenvalue weighted by atomic mass is 127. The number of ether oxygens (including phenoxy) is 2. The molecule has 168 valence electrons. The molecule has 2 aromatic carbocycles. The molecule has 6 nitrogen and oxygen atoms in total. The number of aliphatic imine (C=N–C) groups is 1. The molecule has 2 aliphatic rings. The average molecular weight is 536 g/mol. The molecule has 0 radical (unpaired) electrons. The fourth-order valence-corrected chi connectivity index (χ4v) is 4.28. The number of halogens is 1. The van der Waals surface area contributed by atoms with Gasteiger partial charge in [0.15, 0.2) is 5.96 Å². The molecule has 2 fully saturated rings. The molecule has 2 saturated heterocycles. The van der Waals surface area contributed by atoms with Gasteiger partial charge < -0.3 is 19.7 Å². The van der Waals surface area contributed by atoms with Gasteiger partial charge in [-0.05, 0) is 11.1 Å². The summed E-state index contributed by atoms with van der Waals surface area (Å²) >= 11 is 0. The van der Waals surface area contributed by atoms with E-state index in [0.717, 1.165) is 45.3 Å². The minimum atomic E-state index is 0. The Balaban J connectivity index is 0.00000272. The lowest BCUT2D eigenvalue weighted by molar-refractivity contribution is -0.0502. The van der Waals surface area contributed by atoms with Gasteiger partial charge in [0.1, 0.15) is 0 Å². The molecule has 7 heteroatoms. The molecule has 0 aromatic heterocycles. The number of nitrogens with one attached hydrogen (secondary N) is 1. The van der Waals surface area contributed by atoms with Crippen LogP contribution in [0.5, 0.6) is 0 Å². The van der Waals surface area contributed by atoms with E-state index < -0.39 is 0 Å². The number of benzene rings is 2. The molecule has 2 aliphatic heterocycles. The van der Waals surface area contributed by atoms with Crippen molar-refractivity contribution in [1.29, 1.82) is 0 Å². The first-order chi connectivity index (χ1) is 14.8. The van der Waals surface area contributed by atoms with Crippen LogP contribution < -0.4 is 5.32 Å². The fraction of sp³-hybridized carbons (Fsp3) is 0.458. The van der Waals surface area contributed by atoms with E-state index in [-0.39, 0.29) is 30.1 Å². The van der Waals surface area contributed by atoms with Gasteiger partial charge in [-0.1, -0.05) is 60.7 Å². The van der Waals surface area contributed by atoms with E-state index in [1.54, 1.807) is 0 Å². The van der Waals surface area contributed by atoms with Crippen LogP contribution in [-0.2, 0) is 22.6 Å². The maximum Gasteiger partial charge on any atom is 0.193 e. The first-order valence-electron chi connectivity index (χ1n) is 10.8. The lowest BCUT2D eigenvalue weighted by atomic mass is 10.1. The fourth-order valence-electron chi connectivity index (χ4n) is 4.28. The molecule has 31 heavy (non-hydrogen) atoms. The van der Waals surface area contributed by atoms with E-state index in [1.807, 2.05) is 25.2 Å². The summed E-state index contributed by atoms with van der Waals surface area (Å²) in [5.74, 6) is 0.927. The van der Waals surface area contributed by atoms with Crippen molar-refractivity contribution in [3.05, 3.63) is 71.8 Å². The van der Waals surface area contributed by atoms with E-state index in [4.69, 9.17) is 9.47 Å². The van der Waals surface area contributed by atoms with Crippen LogP contribution in [-0.4, -0.2) is 74.3 Å². The number of morpholine rings is 1. The van der Waals surface area contributed by atoms with E-state index in [2.05, 4.69) is 62.6 Å². The summed E-state index contributed by atoms with van der Waals surface area (Å²) in [6.07, 6.45) is 0.232. The SMILES string of the molecule is CN=C(NCCOCc1ccccc1)N1CC2OCCN(Cc3ccccc3)C2C1.I. The Labute approximate surface area is 202 Å². The molecule has 1 N–H and O–H groups in total. The minimum Gasteiger partial charge on any atom is -0.375 e. The van der Waals surface area contributed by atoms with Crippen molar-refractivity contribution in [2.45, 2.75) is 25.3 Å². The number of likely N-dealkylation sites (tertiary alicyclic amines) is 1. The van der Waals surface area contributed by atoms with Crippen molar-refractivity contribution in [3.8, 4) is 0 Å². The van der Waals surface area contributed by atoms with E-state index >= 15 is 0 Å². The van der Waals surface area contributed by atoms with Gasteiger partial charge in [-0.2, -0.15) is 0 Å². The molecule has 2 unspecified atom stereocenters. The third kappa shape index (κ3) is 6.65. The Kier molecular flexibility index (Phi) is 9.57. The average Bonchev–Trinajstić information content (AvgIpc) is 3.23. The lowest BCUT2D eigenvalue weighted by Gasteiger charge is -2.36. The van der Waals surface area contributed by atoms with Gasteiger partial charge in [-0.3, -0.25) is 9.89 Å². The van der Waals surface area contributed by atoms with Crippen LogP contribution >= 0.6 is 24.0 Å². The Bertz CT molecular complexity index is 806. The largest absolute Gasteiger partial charge is 0.375 e.